The summed E-state index contributed by atoms with van der Waals surface area (Å²) in [5, 5.41) is 13.7. The van der Waals surface area contributed by atoms with E-state index in [1.54, 1.807) is 18.2 Å². The molecule has 0 bridgehead atoms. The summed E-state index contributed by atoms with van der Waals surface area (Å²) in [5.41, 5.74) is 2.84. The van der Waals surface area contributed by atoms with Crippen LogP contribution in [0.25, 0.3) is 0 Å². The molecule has 0 aromatic heterocycles. The Morgan fingerprint density at radius 1 is 1.20 bits per heavy atom. The summed E-state index contributed by atoms with van der Waals surface area (Å²) in [5.74, 6) is -0.270. The van der Waals surface area contributed by atoms with Crippen molar-refractivity contribution in [2.75, 3.05) is 11.9 Å². The summed E-state index contributed by atoms with van der Waals surface area (Å²) in [6, 6.07) is 11.1. The van der Waals surface area contributed by atoms with Gasteiger partial charge < -0.3 is 5.32 Å². The normalized spacial score (nSPS) is 10.3. The topological polar surface area (TPSA) is 55.2 Å². The molecule has 20 heavy (non-hydrogen) atoms. The number of halogens is 1. The Labute approximate surface area is 116 Å². The lowest BCUT2D eigenvalue weighted by molar-refractivity contribution is -0.384. The van der Waals surface area contributed by atoms with Crippen molar-refractivity contribution < 1.29 is 9.31 Å². The molecule has 0 saturated heterocycles. The van der Waals surface area contributed by atoms with Gasteiger partial charge in [0.25, 0.3) is 5.69 Å². The minimum absolute atomic E-state index is 0.0858. The predicted octanol–water partition coefficient (Wildman–Crippen LogP) is 3.70. The molecule has 0 aliphatic heterocycles. The van der Waals surface area contributed by atoms with Gasteiger partial charge in [0, 0.05) is 24.4 Å². The molecule has 2 rings (SSSR count). The van der Waals surface area contributed by atoms with Crippen LogP contribution in [-0.4, -0.2) is 11.5 Å². The van der Waals surface area contributed by atoms with E-state index < -0.39 is 4.92 Å². The zero-order chi connectivity index (χ0) is 14.5. The molecule has 4 nitrogen and oxygen atoms in total. The second kappa shape index (κ2) is 6.14. The number of nitro groups is 1. The minimum atomic E-state index is -0.419. The SMILES string of the molecule is Cc1ccc(F)cc1NCCc1ccc([N+](=O)[O-])cc1. The van der Waals surface area contributed by atoms with Crippen molar-refractivity contribution in [2.24, 2.45) is 0 Å². The number of aryl methyl sites for hydroxylation is 1. The fourth-order valence-corrected chi connectivity index (χ4v) is 1.91. The van der Waals surface area contributed by atoms with E-state index in [2.05, 4.69) is 5.32 Å². The lowest BCUT2D eigenvalue weighted by atomic mass is 10.1. The highest BCUT2D eigenvalue weighted by atomic mass is 19.1. The second-order valence-corrected chi connectivity index (χ2v) is 4.56. The first kappa shape index (κ1) is 14.0. The largest absolute Gasteiger partial charge is 0.384 e. The lowest BCUT2D eigenvalue weighted by Gasteiger charge is -2.09. The van der Waals surface area contributed by atoms with E-state index in [0.29, 0.717) is 13.0 Å². The standard InChI is InChI=1S/C15H15FN2O2/c1-11-2-5-13(16)10-15(11)17-9-8-12-3-6-14(7-4-12)18(19)20/h2-7,10,17H,8-9H2,1H3. The number of nitrogens with zero attached hydrogens (tertiary/aromatic N) is 1. The zero-order valence-electron chi connectivity index (χ0n) is 11.1. The second-order valence-electron chi connectivity index (χ2n) is 4.56. The third kappa shape index (κ3) is 3.54. The van der Waals surface area contributed by atoms with Crippen molar-refractivity contribution >= 4 is 11.4 Å². The molecule has 1 N–H and O–H groups in total. The third-order valence-electron chi connectivity index (χ3n) is 3.08. The summed E-state index contributed by atoms with van der Waals surface area (Å²) in [7, 11) is 0. The lowest BCUT2D eigenvalue weighted by Crippen LogP contribution is -2.06. The van der Waals surface area contributed by atoms with E-state index in [0.717, 1.165) is 16.8 Å². The first-order valence-electron chi connectivity index (χ1n) is 6.29. The molecule has 0 radical (unpaired) electrons. The highest BCUT2D eigenvalue weighted by Gasteiger charge is 2.04. The molecular weight excluding hydrogens is 259 g/mol. The zero-order valence-corrected chi connectivity index (χ0v) is 11.1. The molecule has 5 heteroatoms. The van der Waals surface area contributed by atoms with E-state index in [4.69, 9.17) is 0 Å². The van der Waals surface area contributed by atoms with Gasteiger partial charge in [-0.2, -0.15) is 0 Å². The summed E-state index contributed by atoms with van der Waals surface area (Å²) < 4.78 is 13.1. The Morgan fingerprint density at radius 2 is 1.90 bits per heavy atom. The van der Waals surface area contributed by atoms with E-state index >= 15 is 0 Å². The van der Waals surface area contributed by atoms with Gasteiger partial charge in [0.15, 0.2) is 0 Å². The number of nitrogens with one attached hydrogen (secondary N) is 1. The maximum absolute atomic E-state index is 13.1. The number of benzene rings is 2. The van der Waals surface area contributed by atoms with Crippen molar-refractivity contribution in [2.45, 2.75) is 13.3 Å². The molecule has 0 aliphatic rings. The summed E-state index contributed by atoms with van der Waals surface area (Å²) >= 11 is 0. The minimum Gasteiger partial charge on any atom is -0.384 e. The molecule has 0 spiro atoms. The summed E-state index contributed by atoms with van der Waals surface area (Å²) in [6.45, 7) is 2.55. The molecule has 0 amide bonds. The van der Waals surface area contributed by atoms with Crippen LogP contribution in [0.15, 0.2) is 42.5 Å². The van der Waals surface area contributed by atoms with Crippen LogP contribution in [0.5, 0.6) is 0 Å². The van der Waals surface area contributed by atoms with Crippen LogP contribution in [-0.2, 0) is 6.42 Å². The Kier molecular flexibility index (Phi) is 4.30. The molecule has 2 aromatic carbocycles. The van der Waals surface area contributed by atoms with Gasteiger partial charge in [0.05, 0.1) is 4.92 Å². The van der Waals surface area contributed by atoms with Gasteiger partial charge in [-0.15, -0.1) is 0 Å². The van der Waals surface area contributed by atoms with Gasteiger partial charge in [-0.05, 0) is 36.6 Å². The van der Waals surface area contributed by atoms with Crippen LogP contribution < -0.4 is 5.32 Å². The summed E-state index contributed by atoms with van der Waals surface area (Å²) in [4.78, 5) is 10.1. The molecule has 0 unspecified atom stereocenters. The van der Waals surface area contributed by atoms with Crippen LogP contribution >= 0.6 is 0 Å². The van der Waals surface area contributed by atoms with Crippen molar-refractivity contribution in [3.8, 4) is 0 Å². The van der Waals surface area contributed by atoms with Crippen molar-refractivity contribution in [1.82, 2.24) is 0 Å². The van der Waals surface area contributed by atoms with E-state index in [9.17, 15) is 14.5 Å². The average Bonchev–Trinajstić information content (AvgIpc) is 2.43. The van der Waals surface area contributed by atoms with Gasteiger partial charge in [-0.3, -0.25) is 10.1 Å². The van der Waals surface area contributed by atoms with Gasteiger partial charge in [-0.25, -0.2) is 4.39 Å². The highest BCUT2D eigenvalue weighted by molar-refractivity contribution is 5.50. The monoisotopic (exact) mass is 274 g/mol. The van der Waals surface area contributed by atoms with Crippen molar-refractivity contribution in [3.63, 3.8) is 0 Å². The van der Waals surface area contributed by atoms with E-state index in [1.165, 1.54) is 24.3 Å². The number of hydrogen-bond acceptors (Lipinski definition) is 3. The van der Waals surface area contributed by atoms with Crippen LogP contribution in [0.2, 0.25) is 0 Å². The molecule has 0 fully saturated rings. The van der Waals surface area contributed by atoms with Crippen LogP contribution in [0, 0.1) is 22.9 Å². The maximum atomic E-state index is 13.1. The average molecular weight is 274 g/mol. The van der Waals surface area contributed by atoms with Crippen molar-refractivity contribution in [3.05, 3.63) is 69.5 Å². The van der Waals surface area contributed by atoms with Crippen LogP contribution in [0.4, 0.5) is 15.8 Å². The number of non-ortho nitro benzene ring substituents is 1. The quantitative estimate of drug-likeness (QED) is 0.668. The smallest absolute Gasteiger partial charge is 0.269 e. The first-order chi connectivity index (χ1) is 9.56. The molecule has 2 aromatic rings. The molecule has 0 aliphatic carbocycles. The van der Waals surface area contributed by atoms with Gasteiger partial charge in [-0.1, -0.05) is 18.2 Å². The molecule has 0 atom stereocenters. The highest BCUT2D eigenvalue weighted by Crippen LogP contribution is 2.16. The van der Waals surface area contributed by atoms with E-state index in [1.807, 2.05) is 6.92 Å². The Bertz CT molecular complexity index is 612. The van der Waals surface area contributed by atoms with Gasteiger partial charge in [0.1, 0.15) is 5.82 Å². The number of hydrogen-bond donors (Lipinski definition) is 1. The predicted molar refractivity (Wildman–Crippen MR) is 76.4 cm³/mol. The van der Waals surface area contributed by atoms with Crippen molar-refractivity contribution in [1.29, 1.82) is 0 Å². The number of anilines is 1. The van der Waals surface area contributed by atoms with Gasteiger partial charge >= 0.3 is 0 Å². The summed E-state index contributed by atoms with van der Waals surface area (Å²) in [6.07, 6.45) is 0.716. The maximum Gasteiger partial charge on any atom is 0.269 e. The van der Waals surface area contributed by atoms with Crippen LogP contribution in [0.1, 0.15) is 11.1 Å². The Balaban J connectivity index is 1.92. The molecule has 104 valence electrons. The first-order valence-corrected chi connectivity index (χ1v) is 6.29. The van der Waals surface area contributed by atoms with Crippen LogP contribution in [0.3, 0.4) is 0 Å². The molecule has 0 heterocycles. The fourth-order valence-electron chi connectivity index (χ4n) is 1.91. The Morgan fingerprint density at radius 3 is 2.55 bits per heavy atom. The fraction of sp³-hybridized carbons (Fsp3) is 0.200. The van der Waals surface area contributed by atoms with Gasteiger partial charge in [0.2, 0.25) is 0 Å². The number of rotatable bonds is 5. The van der Waals surface area contributed by atoms with E-state index in [-0.39, 0.29) is 11.5 Å². The number of nitro benzene ring substituents is 1. The third-order valence-corrected chi connectivity index (χ3v) is 3.08. The Hall–Kier alpha value is -2.43. The molecular formula is C15H15FN2O2. The molecule has 0 saturated carbocycles.